The molecule has 3 heteroatoms. The third-order valence-electron chi connectivity index (χ3n) is 0.425. The Hall–Kier alpha value is 0.608. The van der Waals surface area contributed by atoms with Crippen LogP contribution in [0.1, 0.15) is 6.42 Å². The molecule has 0 spiro atoms. The molecule has 0 aromatic carbocycles. The van der Waals surface area contributed by atoms with Gasteiger partial charge >= 0.3 is 48.7 Å². The Kier molecular flexibility index (Phi) is 4.17. The van der Waals surface area contributed by atoms with E-state index in [-0.39, 0.29) is 4.43 Å². The number of hydrogen-bond donors (Lipinski definition) is 2. The Balaban J connectivity index is 2.63. The summed E-state index contributed by atoms with van der Waals surface area (Å²) >= 11 is 2.13. The standard InChI is InChI=1S/C3H9N2.Pt/c4-2-1-3-5;/h2H,1,3-5H2;. The summed E-state index contributed by atoms with van der Waals surface area (Å²) in [7, 11) is 0. The number of rotatable bonds is 2. The number of hydrogen-bond acceptors (Lipinski definition) is 2. The van der Waals surface area contributed by atoms with Gasteiger partial charge in [-0.1, -0.05) is 0 Å². The number of nitrogens with two attached hydrogens (primary N) is 2. The molecule has 0 amide bonds. The van der Waals surface area contributed by atoms with Crippen LogP contribution in [0.4, 0.5) is 0 Å². The first-order valence-electron chi connectivity index (χ1n) is 1.83. The second-order valence-electron chi connectivity index (χ2n) is 1.05. The summed E-state index contributed by atoms with van der Waals surface area (Å²) in [5.74, 6) is 0. The average Bonchev–Trinajstić information content (AvgIpc) is 1.35. The topological polar surface area (TPSA) is 52.0 Å². The quantitative estimate of drug-likeness (QED) is 0.686. The van der Waals surface area contributed by atoms with E-state index >= 15 is 0 Å². The molecule has 0 heterocycles. The summed E-state index contributed by atoms with van der Waals surface area (Å²) in [6.45, 7) is 0.699. The monoisotopic (exact) mass is 268 g/mol. The normalized spacial score (nSPS) is 14.7. The zero-order valence-electron chi connectivity index (χ0n) is 3.46. The van der Waals surface area contributed by atoms with Crippen molar-refractivity contribution in [3.05, 3.63) is 0 Å². The Morgan fingerprint density at radius 3 is 2.17 bits per heavy atom. The van der Waals surface area contributed by atoms with Crippen molar-refractivity contribution < 1.29 is 19.8 Å². The molecular weight excluding hydrogens is 259 g/mol. The van der Waals surface area contributed by atoms with Crippen LogP contribution in [0.3, 0.4) is 0 Å². The molecule has 41 valence electrons. The van der Waals surface area contributed by atoms with E-state index in [0.29, 0.717) is 6.54 Å². The van der Waals surface area contributed by atoms with Gasteiger partial charge < -0.3 is 0 Å². The van der Waals surface area contributed by atoms with Gasteiger partial charge in [-0.3, -0.25) is 0 Å². The SMILES string of the molecule is NCC[CH](N)[Pt]. The van der Waals surface area contributed by atoms with Crippen LogP contribution >= 0.6 is 0 Å². The molecule has 1 atom stereocenters. The molecule has 0 aliphatic carbocycles. The minimum atomic E-state index is 0.245. The van der Waals surface area contributed by atoms with Crippen molar-refractivity contribution in [2.24, 2.45) is 11.5 Å². The Labute approximate surface area is 49.2 Å². The molecule has 0 rings (SSSR count). The van der Waals surface area contributed by atoms with Crippen LogP contribution in [0, 0.1) is 0 Å². The third-order valence-corrected chi connectivity index (χ3v) is 1.08. The Morgan fingerprint density at radius 2 is 2.17 bits per heavy atom. The van der Waals surface area contributed by atoms with Crippen molar-refractivity contribution in [2.75, 3.05) is 6.54 Å². The maximum atomic E-state index is 5.31. The van der Waals surface area contributed by atoms with Crippen LogP contribution < -0.4 is 11.5 Å². The van der Waals surface area contributed by atoms with E-state index < -0.39 is 0 Å². The molecule has 0 aliphatic heterocycles. The zero-order chi connectivity index (χ0) is 4.99. The van der Waals surface area contributed by atoms with Gasteiger partial charge in [0.05, 0.1) is 0 Å². The van der Waals surface area contributed by atoms with Gasteiger partial charge in [-0.15, -0.1) is 0 Å². The van der Waals surface area contributed by atoms with E-state index in [2.05, 4.69) is 19.8 Å². The van der Waals surface area contributed by atoms with Crippen LogP contribution in [-0.2, 0) is 19.8 Å². The average molecular weight is 268 g/mol. The van der Waals surface area contributed by atoms with Gasteiger partial charge in [0.25, 0.3) is 0 Å². The molecule has 4 N–H and O–H groups in total. The van der Waals surface area contributed by atoms with Crippen LogP contribution in [0.15, 0.2) is 0 Å². The van der Waals surface area contributed by atoms with E-state index in [1.807, 2.05) is 0 Å². The molecule has 0 aliphatic rings. The van der Waals surface area contributed by atoms with Gasteiger partial charge in [0, 0.05) is 0 Å². The molecule has 0 saturated carbocycles. The van der Waals surface area contributed by atoms with E-state index in [1.165, 1.54) is 0 Å². The van der Waals surface area contributed by atoms with Crippen LogP contribution in [0.5, 0.6) is 0 Å². The van der Waals surface area contributed by atoms with Crippen LogP contribution in [0.2, 0.25) is 0 Å². The Morgan fingerprint density at radius 1 is 1.67 bits per heavy atom. The first-order valence-corrected chi connectivity index (χ1v) is 3.14. The molecule has 6 heavy (non-hydrogen) atoms. The molecule has 0 saturated heterocycles. The molecule has 2 nitrogen and oxygen atoms in total. The van der Waals surface area contributed by atoms with Crippen molar-refractivity contribution in [3.63, 3.8) is 0 Å². The van der Waals surface area contributed by atoms with Crippen molar-refractivity contribution in [2.45, 2.75) is 10.9 Å². The van der Waals surface area contributed by atoms with Crippen molar-refractivity contribution in [1.82, 2.24) is 0 Å². The zero-order valence-corrected chi connectivity index (χ0v) is 5.73. The van der Waals surface area contributed by atoms with Crippen LogP contribution in [0.25, 0.3) is 0 Å². The summed E-state index contributed by atoms with van der Waals surface area (Å²) < 4.78 is 0.245. The van der Waals surface area contributed by atoms with Crippen molar-refractivity contribution in [1.29, 1.82) is 0 Å². The van der Waals surface area contributed by atoms with E-state index in [9.17, 15) is 0 Å². The maximum absolute atomic E-state index is 5.31. The molecule has 0 fully saturated rings. The molecule has 0 bridgehead atoms. The fourth-order valence-electron chi connectivity index (χ4n) is 0.149. The van der Waals surface area contributed by atoms with Crippen LogP contribution in [-0.4, -0.2) is 11.0 Å². The third kappa shape index (κ3) is 4.61. The van der Waals surface area contributed by atoms with Crippen molar-refractivity contribution >= 4 is 0 Å². The second kappa shape index (κ2) is 3.79. The molecule has 0 aromatic rings. The first-order chi connectivity index (χ1) is 2.77. The summed E-state index contributed by atoms with van der Waals surface area (Å²) in [4.78, 5) is 0. The fourth-order valence-corrected chi connectivity index (χ4v) is 0.528. The summed E-state index contributed by atoms with van der Waals surface area (Å²) in [6.07, 6.45) is 0.918. The van der Waals surface area contributed by atoms with Crippen molar-refractivity contribution in [3.8, 4) is 0 Å². The molecule has 0 radical (unpaired) electrons. The van der Waals surface area contributed by atoms with E-state index in [1.54, 1.807) is 0 Å². The second-order valence-corrected chi connectivity index (χ2v) is 2.73. The van der Waals surface area contributed by atoms with Gasteiger partial charge in [-0.25, -0.2) is 0 Å². The molecule has 1 unspecified atom stereocenters. The molecular formula is C3H9N2Pt. The Bertz CT molecular complexity index is 30.0. The minimum absolute atomic E-state index is 0.245. The van der Waals surface area contributed by atoms with Gasteiger partial charge in [0.15, 0.2) is 0 Å². The van der Waals surface area contributed by atoms with E-state index in [0.717, 1.165) is 6.42 Å². The fraction of sp³-hybridized carbons (Fsp3) is 1.00. The predicted octanol–water partition coefficient (Wildman–Crippen LogP) is -0.833. The first kappa shape index (κ1) is 6.61. The summed E-state index contributed by atoms with van der Waals surface area (Å²) in [5.41, 5.74) is 10.5. The van der Waals surface area contributed by atoms with Gasteiger partial charge in [0.2, 0.25) is 0 Å². The predicted molar refractivity (Wildman–Crippen MR) is 21.6 cm³/mol. The summed E-state index contributed by atoms with van der Waals surface area (Å²) in [6, 6.07) is 0. The van der Waals surface area contributed by atoms with Gasteiger partial charge in [-0.05, 0) is 0 Å². The molecule has 0 aromatic heterocycles. The van der Waals surface area contributed by atoms with E-state index in [4.69, 9.17) is 11.5 Å². The summed E-state index contributed by atoms with van der Waals surface area (Å²) in [5, 5.41) is 0. The van der Waals surface area contributed by atoms with Gasteiger partial charge in [-0.2, -0.15) is 0 Å². The van der Waals surface area contributed by atoms with Gasteiger partial charge in [0.1, 0.15) is 0 Å².